The first-order valence-electron chi connectivity index (χ1n) is 6.75. The normalized spacial score (nSPS) is 20.5. The third kappa shape index (κ3) is 3.74. The van der Waals surface area contributed by atoms with Crippen LogP contribution in [-0.4, -0.2) is 10.6 Å². The molecule has 1 aromatic rings. The highest BCUT2D eigenvalue weighted by molar-refractivity contribution is 5.28. The highest BCUT2D eigenvalue weighted by Gasteiger charge is 2.25. The maximum atomic E-state index is 9.49. The lowest BCUT2D eigenvalue weighted by Gasteiger charge is -2.31. The number of phenolic OH excluding ortho intramolecular Hbond substituents is 1. The lowest BCUT2D eigenvalue weighted by Crippen LogP contribution is -2.42. The van der Waals surface area contributed by atoms with Gasteiger partial charge in [0.1, 0.15) is 5.75 Å². The summed E-state index contributed by atoms with van der Waals surface area (Å²) < 4.78 is 0. The molecule has 0 spiro atoms. The van der Waals surface area contributed by atoms with Gasteiger partial charge >= 0.3 is 0 Å². The van der Waals surface area contributed by atoms with Gasteiger partial charge in [-0.25, -0.2) is 0 Å². The van der Waals surface area contributed by atoms with Crippen molar-refractivity contribution in [3.63, 3.8) is 0 Å². The monoisotopic (exact) mass is 233 g/mol. The van der Waals surface area contributed by atoms with Gasteiger partial charge in [0.15, 0.2) is 0 Å². The van der Waals surface area contributed by atoms with Crippen LogP contribution in [-0.2, 0) is 6.42 Å². The number of phenols is 1. The molecule has 2 nitrogen and oxygen atoms in total. The Morgan fingerprint density at radius 1 is 1.06 bits per heavy atom. The van der Waals surface area contributed by atoms with Crippen LogP contribution in [0.5, 0.6) is 5.75 Å². The number of aromatic hydroxyl groups is 1. The molecule has 1 aliphatic carbocycles. The quantitative estimate of drug-likeness (QED) is 0.822. The fourth-order valence-electron chi connectivity index (χ4n) is 2.86. The Morgan fingerprint density at radius 3 is 2.35 bits per heavy atom. The first-order valence-corrected chi connectivity index (χ1v) is 6.75. The summed E-state index contributed by atoms with van der Waals surface area (Å²) in [6.07, 6.45) is 9.61. The number of nitrogens with two attached hydrogens (primary N) is 1. The summed E-state index contributed by atoms with van der Waals surface area (Å²) in [5, 5.41) is 9.49. The molecule has 0 aliphatic heterocycles. The van der Waals surface area contributed by atoms with Crippen LogP contribution in [0.2, 0.25) is 0 Å². The van der Waals surface area contributed by atoms with Gasteiger partial charge in [0.25, 0.3) is 0 Å². The van der Waals surface area contributed by atoms with E-state index in [-0.39, 0.29) is 5.54 Å². The fraction of sp³-hybridized carbons (Fsp3) is 0.600. The molecular formula is C15H23NO. The molecule has 2 heteroatoms. The van der Waals surface area contributed by atoms with Crippen molar-refractivity contribution in [2.24, 2.45) is 5.73 Å². The lowest BCUT2D eigenvalue weighted by atomic mass is 9.80. The fourth-order valence-corrected chi connectivity index (χ4v) is 2.86. The van der Waals surface area contributed by atoms with Crippen LogP contribution in [0.4, 0.5) is 0 Å². The van der Waals surface area contributed by atoms with Crippen LogP contribution >= 0.6 is 0 Å². The Balaban J connectivity index is 2.03. The molecule has 3 N–H and O–H groups in total. The molecule has 0 amide bonds. The average molecular weight is 233 g/mol. The maximum absolute atomic E-state index is 9.49. The Bertz CT molecular complexity index is 354. The first-order chi connectivity index (χ1) is 8.18. The van der Waals surface area contributed by atoms with Gasteiger partial charge in [-0.05, 0) is 37.0 Å². The molecule has 17 heavy (non-hydrogen) atoms. The van der Waals surface area contributed by atoms with E-state index in [4.69, 9.17) is 5.73 Å². The number of benzene rings is 1. The van der Waals surface area contributed by atoms with E-state index in [0.29, 0.717) is 5.75 Å². The minimum absolute atomic E-state index is 0.0613. The zero-order valence-corrected chi connectivity index (χ0v) is 10.5. The van der Waals surface area contributed by atoms with Crippen molar-refractivity contribution in [2.75, 3.05) is 0 Å². The summed E-state index contributed by atoms with van der Waals surface area (Å²) in [5.74, 6) is 0.344. The third-order valence-corrected chi connectivity index (χ3v) is 3.82. The third-order valence-electron chi connectivity index (χ3n) is 3.82. The molecule has 1 aromatic carbocycles. The van der Waals surface area contributed by atoms with E-state index in [1.807, 2.05) is 12.1 Å². The molecule has 0 radical (unpaired) electrons. The Labute approximate surface area is 104 Å². The van der Waals surface area contributed by atoms with Crippen molar-refractivity contribution in [1.82, 2.24) is 0 Å². The van der Waals surface area contributed by atoms with E-state index in [9.17, 15) is 5.11 Å². The SMILES string of the molecule is NC1(Cc2cccc(O)c2)CCCCCCC1. The smallest absolute Gasteiger partial charge is 0.115 e. The molecule has 1 aliphatic rings. The predicted octanol–water partition coefficient (Wildman–Crippen LogP) is 3.38. The molecule has 0 atom stereocenters. The van der Waals surface area contributed by atoms with Crippen molar-refractivity contribution in [3.8, 4) is 5.75 Å². The maximum Gasteiger partial charge on any atom is 0.115 e. The molecule has 0 saturated heterocycles. The number of hydrogen-bond donors (Lipinski definition) is 2. The van der Waals surface area contributed by atoms with Gasteiger partial charge in [0.05, 0.1) is 0 Å². The molecule has 0 unspecified atom stereocenters. The van der Waals surface area contributed by atoms with Crippen LogP contribution in [0.1, 0.15) is 50.5 Å². The van der Waals surface area contributed by atoms with E-state index >= 15 is 0 Å². The average Bonchev–Trinajstić information content (AvgIpc) is 2.24. The van der Waals surface area contributed by atoms with Gasteiger partial charge in [-0.3, -0.25) is 0 Å². The van der Waals surface area contributed by atoms with Crippen LogP contribution in [0.3, 0.4) is 0 Å². The van der Waals surface area contributed by atoms with Crippen LogP contribution in [0.15, 0.2) is 24.3 Å². The standard InChI is InChI=1S/C15H23NO/c16-15(9-4-2-1-3-5-10-15)12-13-7-6-8-14(17)11-13/h6-8,11,17H,1-5,9-10,12,16H2. The topological polar surface area (TPSA) is 46.2 Å². The highest BCUT2D eigenvalue weighted by Crippen LogP contribution is 2.28. The van der Waals surface area contributed by atoms with E-state index < -0.39 is 0 Å². The van der Waals surface area contributed by atoms with Gasteiger partial charge in [-0.1, -0.05) is 44.2 Å². The second-order valence-corrected chi connectivity index (χ2v) is 5.48. The molecule has 1 saturated carbocycles. The first kappa shape index (κ1) is 12.4. The van der Waals surface area contributed by atoms with E-state index in [0.717, 1.165) is 24.8 Å². The summed E-state index contributed by atoms with van der Waals surface area (Å²) in [6, 6.07) is 7.52. The molecule has 0 aromatic heterocycles. The molecule has 1 fully saturated rings. The Morgan fingerprint density at radius 2 is 1.71 bits per heavy atom. The van der Waals surface area contributed by atoms with Crippen LogP contribution in [0, 0.1) is 0 Å². The molecule has 94 valence electrons. The van der Waals surface area contributed by atoms with Crippen LogP contribution < -0.4 is 5.73 Å². The van der Waals surface area contributed by atoms with Gasteiger partial charge in [-0.2, -0.15) is 0 Å². The largest absolute Gasteiger partial charge is 0.508 e. The number of hydrogen-bond acceptors (Lipinski definition) is 2. The minimum atomic E-state index is -0.0613. The number of rotatable bonds is 2. The van der Waals surface area contributed by atoms with E-state index in [1.165, 1.54) is 32.1 Å². The molecule has 0 bridgehead atoms. The van der Waals surface area contributed by atoms with Crippen molar-refractivity contribution >= 4 is 0 Å². The second-order valence-electron chi connectivity index (χ2n) is 5.48. The summed E-state index contributed by atoms with van der Waals surface area (Å²) in [7, 11) is 0. The van der Waals surface area contributed by atoms with Crippen molar-refractivity contribution in [2.45, 2.75) is 56.9 Å². The second kappa shape index (κ2) is 5.54. The molecular weight excluding hydrogens is 210 g/mol. The van der Waals surface area contributed by atoms with Crippen molar-refractivity contribution < 1.29 is 5.11 Å². The van der Waals surface area contributed by atoms with Crippen LogP contribution in [0.25, 0.3) is 0 Å². The van der Waals surface area contributed by atoms with Gasteiger partial charge in [-0.15, -0.1) is 0 Å². The minimum Gasteiger partial charge on any atom is -0.508 e. The van der Waals surface area contributed by atoms with Gasteiger partial charge in [0, 0.05) is 5.54 Å². The van der Waals surface area contributed by atoms with Gasteiger partial charge < -0.3 is 10.8 Å². The molecule has 0 heterocycles. The Hall–Kier alpha value is -1.02. The van der Waals surface area contributed by atoms with E-state index in [1.54, 1.807) is 6.07 Å². The zero-order valence-electron chi connectivity index (χ0n) is 10.5. The van der Waals surface area contributed by atoms with E-state index in [2.05, 4.69) is 6.07 Å². The summed E-state index contributed by atoms with van der Waals surface area (Å²) in [6.45, 7) is 0. The van der Waals surface area contributed by atoms with Crippen molar-refractivity contribution in [1.29, 1.82) is 0 Å². The lowest BCUT2D eigenvalue weighted by molar-refractivity contribution is 0.314. The zero-order chi connectivity index (χ0) is 12.1. The summed E-state index contributed by atoms with van der Waals surface area (Å²) in [4.78, 5) is 0. The Kier molecular flexibility index (Phi) is 4.06. The summed E-state index contributed by atoms with van der Waals surface area (Å²) in [5.41, 5.74) is 7.63. The van der Waals surface area contributed by atoms with Crippen molar-refractivity contribution in [3.05, 3.63) is 29.8 Å². The highest BCUT2D eigenvalue weighted by atomic mass is 16.3. The summed E-state index contributed by atoms with van der Waals surface area (Å²) >= 11 is 0. The molecule has 2 rings (SSSR count). The predicted molar refractivity (Wildman–Crippen MR) is 71.0 cm³/mol. The van der Waals surface area contributed by atoms with Gasteiger partial charge in [0.2, 0.25) is 0 Å².